The van der Waals surface area contributed by atoms with Gasteiger partial charge in [0.05, 0.1) is 39.9 Å². The smallest absolute Gasteiger partial charge is 0.268 e. The summed E-state index contributed by atoms with van der Waals surface area (Å²) in [5.74, 6) is -0.176. The van der Waals surface area contributed by atoms with Gasteiger partial charge in [0.15, 0.2) is 0 Å². The number of carbonyl (C=O) groups is 1. The lowest BCUT2D eigenvalue weighted by Crippen LogP contribution is -2.46. The number of phosphoric acid groups is 1. The fourth-order valence-electron chi connectivity index (χ4n) is 6.50. The summed E-state index contributed by atoms with van der Waals surface area (Å²) >= 11 is 0. The van der Waals surface area contributed by atoms with E-state index in [4.69, 9.17) is 9.05 Å². The Morgan fingerprint density at radius 3 is 1.44 bits per heavy atom. The van der Waals surface area contributed by atoms with E-state index in [0.717, 1.165) is 44.9 Å². The van der Waals surface area contributed by atoms with Crippen LogP contribution >= 0.6 is 7.82 Å². The number of aliphatic hydroxyl groups excluding tert-OH is 1. The zero-order chi connectivity index (χ0) is 40.0. The van der Waals surface area contributed by atoms with Crippen molar-refractivity contribution in [1.82, 2.24) is 5.32 Å². The molecule has 1 amide bonds. The van der Waals surface area contributed by atoms with E-state index in [0.29, 0.717) is 23.9 Å². The van der Waals surface area contributed by atoms with Crippen LogP contribution in [0.2, 0.25) is 0 Å². The number of likely N-dealkylation sites (N-methyl/N-ethyl adjacent to an activating group) is 1. The second-order valence-electron chi connectivity index (χ2n) is 16.7. The first-order chi connectivity index (χ1) is 26.0. The molecule has 0 aromatic heterocycles. The van der Waals surface area contributed by atoms with Crippen molar-refractivity contribution in [3.63, 3.8) is 0 Å². The van der Waals surface area contributed by atoms with Gasteiger partial charge in [-0.1, -0.05) is 160 Å². The number of amides is 1. The van der Waals surface area contributed by atoms with Crippen LogP contribution in [-0.4, -0.2) is 68.5 Å². The Labute approximate surface area is 334 Å². The molecule has 0 aliphatic rings. The Kier molecular flexibility index (Phi) is 36.8. The van der Waals surface area contributed by atoms with Gasteiger partial charge in [0, 0.05) is 6.42 Å². The van der Waals surface area contributed by atoms with Gasteiger partial charge in [-0.15, -0.1) is 0 Å². The number of allylic oxidation sites excluding steroid dienone is 4. The Morgan fingerprint density at radius 1 is 0.630 bits per heavy atom. The van der Waals surface area contributed by atoms with Crippen molar-refractivity contribution in [1.29, 1.82) is 0 Å². The Balaban J connectivity index is 4.26. The van der Waals surface area contributed by atoms with E-state index in [1.807, 2.05) is 21.1 Å². The van der Waals surface area contributed by atoms with Crippen molar-refractivity contribution in [2.45, 2.75) is 219 Å². The molecule has 0 saturated heterocycles. The molecule has 2 N–H and O–H groups in total. The first-order valence-electron chi connectivity index (χ1n) is 22.7. The topological polar surface area (TPSA) is 108 Å². The van der Waals surface area contributed by atoms with Gasteiger partial charge in [0.2, 0.25) is 5.91 Å². The van der Waals surface area contributed by atoms with Crippen LogP contribution in [0.1, 0.15) is 206 Å². The lowest BCUT2D eigenvalue weighted by molar-refractivity contribution is -0.870. The molecule has 8 nitrogen and oxygen atoms in total. The predicted octanol–water partition coefficient (Wildman–Crippen LogP) is 11.9. The van der Waals surface area contributed by atoms with Crippen LogP contribution in [0.25, 0.3) is 0 Å². The number of hydrogen-bond donors (Lipinski definition) is 2. The van der Waals surface area contributed by atoms with Crippen molar-refractivity contribution in [2.75, 3.05) is 40.9 Å². The number of hydrogen-bond acceptors (Lipinski definition) is 6. The second-order valence-corrected chi connectivity index (χ2v) is 18.2. The Morgan fingerprint density at radius 2 is 1.02 bits per heavy atom. The monoisotopic (exact) mass is 785 g/mol. The highest BCUT2D eigenvalue weighted by atomic mass is 31.2. The number of unbranched alkanes of at least 4 members (excludes halogenated alkanes) is 24. The van der Waals surface area contributed by atoms with Gasteiger partial charge in [0.1, 0.15) is 13.2 Å². The predicted molar refractivity (Wildman–Crippen MR) is 228 cm³/mol. The molecule has 320 valence electrons. The summed E-state index contributed by atoms with van der Waals surface area (Å²) in [5.41, 5.74) is 0. The maximum Gasteiger partial charge on any atom is 0.268 e. The van der Waals surface area contributed by atoms with E-state index in [9.17, 15) is 19.4 Å². The SMILES string of the molecule is CCCCCCC/C=C/CCCC[C@@H](O)[C@H](COP(=O)([O-])OCC[N+](C)(C)C)NC(=O)CCCCCCCCCCCCC/C=C/CCCCCCCC. The highest BCUT2D eigenvalue weighted by Gasteiger charge is 2.24. The Bertz CT molecular complexity index is 938. The minimum atomic E-state index is -4.57. The minimum Gasteiger partial charge on any atom is -0.756 e. The van der Waals surface area contributed by atoms with E-state index >= 15 is 0 Å². The third-order valence-electron chi connectivity index (χ3n) is 10.2. The summed E-state index contributed by atoms with van der Waals surface area (Å²) < 4.78 is 23.2. The third-order valence-corrected chi connectivity index (χ3v) is 11.1. The first kappa shape index (κ1) is 53.0. The Hall–Kier alpha value is -1.02. The van der Waals surface area contributed by atoms with Crippen LogP contribution in [0.3, 0.4) is 0 Å². The molecule has 0 heterocycles. The van der Waals surface area contributed by atoms with E-state index in [1.54, 1.807) is 0 Å². The highest BCUT2D eigenvalue weighted by Crippen LogP contribution is 2.38. The summed E-state index contributed by atoms with van der Waals surface area (Å²) in [4.78, 5) is 25.3. The molecule has 0 fully saturated rings. The van der Waals surface area contributed by atoms with Crippen LogP contribution in [0.4, 0.5) is 0 Å². The number of rotatable bonds is 41. The quantitative estimate of drug-likeness (QED) is 0.0277. The van der Waals surface area contributed by atoms with Gasteiger partial charge in [-0.3, -0.25) is 9.36 Å². The molecular formula is C45H89N2O6P. The maximum atomic E-state index is 12.9. The van der Waals surface area contributed by atoms with Crippen LogP contribution in [-0.2, 0) is 18.4 Å². The lowest BCUT2D eigenvalue weighted by atomic mass is 10.0. The van der Waals surface area contributed by atoms with E-state index in [1.165, 1.54) is 135 Å². The van der Waals surface area contributed by atoms with Gasteiger partial charge < -0.3 is 28.8 Å². The number of nitrogens with one attached hydrogen (secondary N) is 1. The fourth-order valence-corrected chi connectivity index (χ4v) is 7.22. The van der Waals surface area contributed by atoms with Crippen LogP contribution in [0.5, 0.6) is 0 Å². The molecule has 0 bridgehead atoms. The largest absolute Gasteiger partial charge is 0.756 e. The average molecular weight is 785 g/mol. The van der Waals surface area contributed by atoms with Gasteiger partial charge in [-0.25, -0.2) is 0 Å². The summed E-state index contributed by atoms with van der Waals surface area (Å²) in [5, 5.41) is 13.8. The van der Waals surface area contributed by atoms with Gasteiger partial charge >= 0.3 is 0 Å². The first-order valence-corrected chi connectivity index (χ1v) is 24.1. The van der Waals surface area contributed by atoms with Crippen molar-refractivity contribution >= 4 is 13.7 Å². The molecular weight excluding hydrogens is 695 g/mol. The number of quaternary nitrogens is 1. The molecule has 54 heavy (non-hydrogen) atoms. The summed E-state index contributed by atoms with van der Waals surface area (Å²) in [6, 6.07) is -0.813. The molecule has 0 aliphatic heterocycles. The third kappa shape index (κ3) is 39.2. The van der Waals surface area contributed by atoms with Crippen LogP contribution < -0.4 is 10.2 Å². The molecule has 0 aliphatic carbocycles. The fraction of sp³-hybridized carbons (Fsp3) is 0.889. The van der Waals surface area contributed by atoms with E-state index < -0.39 is 20.0 Å². The lowest BCUT2D eigenvalue weighted by Gasteiger charge is -2.30. The number of aliphatic hydroxyl groups is 1. The van der Waals surface area contributed by atoms with Gasteiger partial charge in [-0.2, -0.15) is 0 Å². The van der Waals surface area contributed by atoms with E-state index in [-0.39, 0.29) is 19.1 Å². The van der Waals surface area contributed by atoms with E-state index in [2.05, 4.69) is 43.5 Å². The number of carbonyl (C=O) groups excluding carboxylic acids is 1. The molecule has 0 radical (unpaired) electrons. The minimum absolute atomic E-state index is 0.00754. The zero-order valence-electron chi connectivity index (χ0n) is 36.2. The van der Waals surface area contributed by atoms with Crippen LogP contribution in [0, 0.1) is 0 Å². The molecule has 0 spiro atoms. The average Bonchev–Trinajstić information content (AvgIpc) is 3.12. The molecule has 1 unspecified atom stereocenters. The molecule has 0 aromatic carbocycles. The molecule has 0 saturated carbocycles. The van der Waals surface area contributed by atoms with Crippen molar-refractivity contribution in [2.24, 2.45) is 0 Å². The maximum absolute atomic E-state index is 12.9. The number of nitrogens with zero attached hydrogens (tertiary/aromatic N) is 1. The van der Waals surface area contributed by atoms with Crippen molar-refractivity contribution < 1.29 is 32.9 Å². The normalized spacial score (nSPS) is 14.6. The highest BCUT2D eigenvalue weighted by molar-refractivity contribution is 7.45. The van der Waals surface area contributed by atoms with Crippen LogP contribution in [0.15, 0.2) is 24.3 Å². The number of phosphoric ester groups is 1. The van der Waals surface area contributed by atoms with Gasteiger partial charge in [-0.05, 0) is 64.2 Å². The van der Waals surface area contributed by atoms with Crippen molar-refractivity contribution in [3.8, 4) is 0 Å². The molecule has 3 atom stereocenters. The summed E-state index contributed by atoms with van der Waals surface area (Å²) in [6.45, 7) is 4.67. The summed E-state index contributed by atoms with van der Waals surface area (Å²) in [7, 11) is 1.29. The van der Waals surface area contributed by atoms with Crippen molar-refractivity contribution in [3.05, 3.63) is 24.3 Å². The zero-order valence-corrected chi connectivity index (χ0v) is 37.1. The summed E-state index contributed by atoms with van der Waals surface area (Å²) in [6.07, 6.45) is 43.3. The molecule has 0 rings (SSSR count). The standard InChI is InChI=1S/C45H89N2O6P/c1-6-8-10-12-14-16-18-19-20-21-22-23-24-25-26-27-29-31-33-35-37-39-45(49)46-43(42-53-54(50,51)52-41-40-47(3,4)5)44(48)38-36-34-32-30-28-17-15-13-11-9-7-2/h19-20,28,30,43-44,48H,6-18,21-27,29,31-42H2,1-5H3,(H-,46,49,50,51)/b20-19+,30-28+/t43-,44+/m0/s1. The molecule has 9 heteroatoms. The molecule has 0 aromatic rings. The van der Waals surface area contributed by atoms with Gasteiger partial charge in [0.25, 0.3) is 7.82 Å². The second kappa shape index (κ2) is 37.6.